The second-order valence-corrected chi connectivity index (χ2v) is 2.52. The lowest BCUT2D eigenvalue weighted by Gasteiger charge is -2.06. The molecule has 0 fully saturated rings. The van der Waals surface area contributed by atoms with Gasteiger partial charge in [0.15, 0.2) is 0 Å². The monoisotopic (exact) mass is 163 g/mol. The van der Waals surface area contributed by atoms with Gasteiger partial charge in [-0.3, -0.25) is 0 Å². The third-order valence-corrected chi connectivity index (χ3v) is 1.68. The maximum absolute atomic E-state index is 10.4. The van der Waals surface area contributed by atoms with Gasteiger partial charge in [0, 0.05) is 13.5 Å². The Hall–Kier alpha value is -1.15. The fraction of sp³-hybridized carbons (Fsp3) is 0.300. The molecule has 0 aromatic heterocycles. The first kappa shape index (κ1) is 8.94. The summed E-state index contributed by atoms with van der Waals surface area (Å²) >= 11 is 0. The first-order chi connectivity index (χ1) is 5.86. The van der Waals surface area contributed by atoms with Gasteiger partial charge in [0.25, 0.3) is 0 Å². The molecule has 0 bridgehead atoms. The van der Waals surface area contributed by atoms with Gasteiger partial charge in [-0.1, -0.05) is 24.3 Å². The van der Waals surface area contributed by atoms with Crippen molar-refractivity contribution in [2.24, 2.45) is 0 Å². The van der Waals surface area contributed by atoms with Crippen molar-refractivity contribution >= 4 is 6.29 Å². The minimum Gasteiger partial charge on any atom is -0.374 e. The molecule has 2 nitrogen and oxygen atoms in total. The number of hydrogen-bond donors (Lipinski definition) is 0. The van der Waals surface area contributed by atoms with Crippen LogP contribution in [0.3, 0.4) is 0 Å². The Balaban J connectivity index is 2.56. The summed E-state index contributed by atoms with van der Waals surface area (Å²) in [5, 5.41) is 0. The van der Waals surface area contributed by atoms with Crippen LogP contribution in [-0.2, 0) is 16.0 Å². The zero-order valence-corrected chi connectivity index (χ0v) is 6.99. The van der Waals surface area contributed by atoms with E-state index in [-0.39, 0.29) is 6.10 Å². The lowest BCUT2D eigenvalue weighted by molar-refractivity contribution is -0.116. The van der Waals surface area contributed by atoms with E-state index in [1.165, 1.54) is 7.11 Å². The van der Waals surface area contributed by atoms with E-state index in [4.69, 9.17) is 4.74 Å². The molecule has 0 amide bonds. The first-order valence-electron chi connectivity index (χ1n) is 3.80. The highest BCUT2D eigenvalue weighted by Gasteiger charge is 2.04. The summed E-state index contributed by atoms with van der Waals surface area (Å²) in [6, 6.07) is 10.4. The minimum absolute atomic E-state index is 0.326. The van der Waals surface area contributed by atoms with Crippen LogP contribution in [0.5, 0.6) is 0 Å². The molecular formula is C10H11O2. The van der Waals surface area contributed by atoms with Crippen molar-refractivity contribution in [3.63, 3.8) is 0 Å². The van der Waals surface area contributed by atoms with E-state index in [1.807, 2.05) is 24.3 Å². The predicted molar refractivity (Wildman–Crippen MR) is 45.8 cm³/mol. The van der Waals surface area contributed by atoms with Gasteiger partial charge in [-0.25, -0.2) is 0 Å². The Labute approximate surface area is 72.2 Å². The minimum atomic E-state index is -0.326. The molecule has 1 radical (unpaired) electrons. The predicted octanol–water partition coefficient (Wildman–Crippen LogP) is 1.24. The molecule has 63 valence electrons. The zero-order valence-electron chi connectivity index (χ0n) is 6.99. The lowest BCUT2D eigenvalue weighted by Crippen LogP contribution is -2.15. The Morgan fingerprint density at radius 2 is 2.25 bits per heavy atom. The molecule has 0 heterocycles. The molecule has 1 atom stereocenters. The molecule has 0 spiro atoms. The van der Waals surface area contributed by atoms with Crippen LogP contribution in [0.4, 0.5) is 0 Å². The van der Waals surface area contributed by atoms with Gasteiger partial charge in [-0.2, -0.15) is 0 Å². The van der Waals surface area contributed by atoms with Gasteiger partial charge in [0.05, 0.1) is 0 Å². The van der Waals surface area contributed by atoms with Crippen molar-refractivity contribution in [1.82, 2.24) is 0 Å². The molecule has 0 N–H and O–H groups in total. The van der Waals surface area contributed by atoms with Crippen LogP contribution in [-0.4, -0.2) is 19.5 Å². The molecule has 0 aliphatic rings. The maximum atomic E-state index is 10.4. The van der Waals surface area contributed by atoms with Gasteiger partial charge < -0.3 is 9.53 Å². The fourth-order valence-electron chi connectivity index (χ4n) is 0.977. The third-order valence-electron chi connectivity index (χ3n) is 1.68. The van der Waals surface area contributed by atoms with E-state index in [9.17, 15) is 4.79 Å². The van der Waals surface area contributed by atoms with Crippen LogP contribution in [0.25, 0.3) is 0 Å². The molecule has 1 rings (SSSR count). The van der Waals surface area contributed by atoms with E-state index < -0.39 is 0 Å². The Morgan fingerprint density at radius 1 is 1.58 bits per heavy atom. The average molecular weight is 163 g/mol. The summed E-state index contributed by atoms with van der Waals surface area (Å²) in [5.74, 6) is 0. The lowest BCUT2D eigenvalue weighted by atomic mass is 10.1. The summed E-state index contributed by atoms with van der Waals surface area (Å²) in [5.41, 5.74) is 1.09. The Kier molecular flexibility index (Phi) is 3.48. The third kappa shape index (κ3) is 2.47. The number of benzene rings is 1. The SMILES string of the molecule is COC(C=O)Cc1cc[c]cc1. The largest absolute Gasteiger partial charge is 0.374 e. The van der Waals surface area contributed by atoms with Crippen LogP contribution >= 0.6 is 0 Å². The van der Waals surface area contributed by atoms with Crippen molar-refractivity contribution in [2.75, 3.05) is 7.11 Å². The van der Waals surface area contributed by atoms with E-state index in [0.717, 1.165) is 11.8 Å². The van der Waals surface area contributed by atoms with Gasteiger partial charge in [0.2, 0.25) is 0 Å². The van der Waals surface area contributed by atoms with Gasteiger partial charge >= 0.3 is 0 Å². The summed E-state index contributed by atoms with van der Waals surface area (Å²) in [6.07, 6.45) is 1.12. The Bertz CT molecular complexity index is 231. The molecular weight excluding hydrogens is 152 g/mol. The highest BCUT2D eigenvalue weighted by molar-refractivity contribution is 5.56. The molecule has 1 unspecified atom stereocenters. The number of aldehydes is 1. The number of rotatable bonds is 4. The highest BCUT2D eigenvalue weighted by atomic mass is 16.5. The van der Waals surface area contributed by atoms with Crippen molar-refractivity contribution in [3.8, 4) is 0 Å². The van der Waals surface area contributed by atoms with Crippen molar-refractivity contribution in [1.29, 1.82) is 0 Å². The van der Waals surface area contributed by atoms with Gasteiger partial charge in [-0.15, -0.1) is 0 Å². The number of hydrogen-bond acceptors (Lipinski definition) is 2. The van der Waals surface area contributed by atoms with Gasteiger partial charge in [0.1, 0.15) is 12.4 Å². The molecule has 1 aromatic carbocycles. The number of methoxy groups -OCH3 is 1. The number of carbonyl (C=O) groups excluding carboxylic acids is 1. The molecule has 12 heavy (non-hydrogen) atoms. The highest BCUT2D eigenvalue weighted by Crippen LogP contribution is 2.02. The molecule has 1 aromatic rings. The van der Waals surface area contributed by atoms with Crippen molar-refractivity contribution in [2.45, 2.75) is 12.5 Å². The number of ether oxygens (including phenoxy) is 1. The summed E-state index contributed by atoms with van der Waals surface area (Å²) in [4.78, 5) is 10.4. The van der Waals surface area contributed by atoms with Gasteiger partial charge in [-0.05, 0) is 11.6 Å². The van der Waals surface area contributed by atoms with E-state index in [2.05, 4.69) is 6.07 Å². The van der Waals surface area contributed by atoms with Crippen LogP contribution in [0.2, 0.25) is 0 Å². The smallest absolute Gasteiger partial charge is 0.149 e. The molecule has 0 aliphatic carbocycles. The molecule has 0 aliphatic heterocycles. The topological polar surface area (TPSA) is 26.3 Å². The van der Waals surface area contributed by atoms with Crippen LogP contribution in [0.1, 0.15) is 5.56 Å². The molecule has 2 heteroatoms. The van der Waals surface area contributed by atoms with Crippen LogP contribution < -0.4 is 0 Å². The quantitative estimate of drug-likeness (QED) is 0.624. The Morgan fingerprint density at radius 3 is 2.75 bits per heavy atom. The van der Waals surface area contributed by atoms with Crippen molar-refractivity contribution < 1.29 is 9.53 Å². The average Bonchev–Trinajstić information content (AvgIpc) is 2.16. The second-order valence-electron chi connectivity index (χ2n) is 2.52. The first-order valence-corrected chi connectivity index (χ1v) is 3.80. The van der Waals surface area contributed by atoms with E-state index in [0.29, 0.717) is 6.42 Å². The maximum Gasteiger partial charge on any atom is 0.149 e. The summed E-state index contributed by atoms with van der Waals surface area (Å²) < 4.78 is 4.93. The van der Waals surface area contributed by atoms with E-state index in [1.54, 1.807) is 0 Å². The number of carbonyl (C=O) groups is 1. The zero-order chi connectivity index (χ0) is 8.81. The standard InChI is InChI=1S/C10H11O2/c1-12-10(8-11)7-9-5-3-2-4-6-9/h3-6,8,10H,7H2,1H3. The second kappa shape index (κ2) is 4.67. The van der Waals surface area contributed by atoms with Crippen LogP contribution in [0.15, 0.2) is 24.3 Å². The van der Waals surface area contributed by atoms with E-state index >= 15 is 0 Å². The normalized spacial score (nSPS) is 12.4. The van der Waals surface area contributed by atoms with Crippen molar-refractivity contribution in [3.05, 3.63) is 35.9 Å². The summed E-state index contributed by atoms with van der Waals surface area (Å²) in [7, 11) is 1.54. The summed E-state index contributed by atoms with van der Waals surface area (Å²) in [6.45, 7) is 0. The fourth-order valence-corrected chi connectivity index (χ4v) is 0.977. The van der Waals surface area contributed by atoms with Crippen LogP contribution in [0, 0.1) is 6.07 Å². The molecule has 0 saturated heterocycles. The molecule has 0 saturated carbocycles.